The van der Waals surface area contributed by atoms with E-state index in [-0.39, 0.29) is 0 Å². The highest BCUT2D eigenvalue weighted by molar-refractivity contribution is 5.40. The first-order valence-electron chi connectivity index (χ1n) is 9.25. The van der Waals surface area contributed by atoms with E-state index >= 15 is 0 Å². The van der Waals surface area contributed by atoms with Gasteiger partial charge in [-0.15, -0.1) is 0 Å². The summed E-state index contributed by atoms with van der Waals surface area (Å²) in [6, 6.07) is 20.0. The third-order valence-corrected chi connectivity index (χ3v) is 4.32. The number of methoxy groups -OCH3 is 2. The summed E-state index contributed by atoms with van der Waals surface area (Å²) >= 11 is 0. The van der Waals surface area contributed by atoms with Crippen molar-refractivity contribution in [1.82, 2.24) is 10.3 Å². The lowest BCUT2D eigenvalue weighted by Gasteiger charge is -2.14. The van der Waals surface area contributed by atoms with Crippen LogP contribution >= 0.6 is 0 Å². The van der Waals surface area contributed by atoms with E-state index in [2.05, 4.69) is 34.6 Å². The molecule has 2 aromatic carbocycles. The van der Waals surface area contributed by atoms with E-state index in [1.54, 1.807) is 20.4 Å². The molecule has 0 atom stereocenters. The lowest BCUT2D eigenvalue weighted by atomic mass is 10.1. The Hall–Kier alpha value is -2.89. The highest BCUT2D eigenvalue weighted by atomic mass is 16.5. The number of nitrogens with zero attached hydrogens (tertiary/aromatic N) is 1. The number of aromatic nitrogens is 1. The fourth-order valence-corrected chi connectivity index (χ4v) is 2.93. The molecule has 0 spiro atoms. The van der Waals surface area contributed by atoms with Crippen LogP contribution in [-0.2, 0) is 31.0 Å². The van der Waals surface area contributed by atoms with Gasteiger partial charge in [0.25, 0.3) is 0 Å². The molecule has 1 N–H and O–H groups in total. The largest absolute Gasteiger partial charge is 0.497 e. The lowest BCUT2D eigenvalue weighted by molar-refractivity contribution is 0.185. The standard InChI is InChI=1S/C23H26N2O3/c1-26-16-19-7-5-6-18(12-19)14-24-15-20-13-22(27-2)9-10-23(20)28-17-21-8-3-4-11-25-21/h3-13,24H,14-17H2,1-2H3. The molecule has 0 unspecified atom stereocenters. The van der Waals surface area contributed by atoms with Crippen molar-refractivity contribution in [1.29, 1.82) is 0 Å². The first-order valence-corrected chi connectivity index (χ1v) is 9.25. The molecule has 0 amide bonds. The van der Waals surface area contributed by atoms with Crippen LogP contribution in [0.15, 0.2) is 66.9 Å². The highest BCUT2D eigenvalue weighted by Crippen LogP contribution is 2.25. The summed E-state index contributed by atoms with van der Waals surface area (Å²) in [5, 5.41) is 3.49. The van der Waals surface area contributed by atoms with Crippen molar-refractivity contribution < 1.29 is 14.2 Å². The Bertz CT molecular complexity index is 869. The minimum atomic E-state index is 0.430. The van der Waals surface area contributed by atoms with Crippen molar-refractivity contribution in [2.24, 2.45) is 0 Å². The molecular weight excluding hydrogens is 352 g/mol. The molecule has 0 saturated heterocycles. The number of hydrogen-bond acceptors (Lipinski definition) is 5. The van der Waals surface area contributed by atoms with Crippen LogP contribution in [0, 0.1) is 0 Å². The van der Waals surface area contributed by atoms with Crippen molar-refractivity contribution in [2.45, 2.75) is 26.3 Å². The van der Waals surface area contributed by atoms with Gasteiger partial charge in [0.05, 0.1) is 19.4 Å². The average Bonchev–Trinajstić information content (AvgIpc) is 2.74. The molecule has 28 heavy (non-hydrogen) atoms. The molecule has 3 aromatic rings. The SMILES string of the molecule is COCc1cccc(CNCc2cc(OC)ccc2OCc2ccccn2)c1. The molecule has 0 aliphatic rings. The third kappa shape index (κ3) is 5.81. The van der Waals surface area contributed by atoms with Gasteiger partial charge in [0.1, 0.15) is 18.1 Å². The molecular formula is C23H26N2O3. The molecule has 0 aliphatic carbocycles. The quantitative estimate of drug-likeness (QED) is 0.575. The number of nitrogens with one attached hydrogen (secondary N) is 1. The van der Waals surface area contributed by atoms with Crippen LogP contribution in [0.4, 0.5) is 0 Å². The Morgan fingerprint density at radius 1 is 0.857 bits per heavy atom. The van der Waals surface area contributed by atoms with Gasteiger partial charge in [0.2, 0.25) is 0 Å². The molecule has 0 saturated carbocycles. The van der Waals surface area contributed by atoms with E-state index in [1.807, 2.05) is 36.4 Å². The van der Waals surface area contributed by atoms with Crippen LogP contribution in [0.1, 0.15) is 22.4 Å². The Morgan fingerprint density at radius 3 is 2.54 bits per heavy atom. The maximum absolute atomic E-state index is 6.00. The fraction of sp³-hybridized carbons (Fsp3) is 0.261. The van der Waals surface area contributed by atoms with E-state index in [9.17, 15) is 0 Å². The number of hydrogen-bond donors (Lipinski definition) is 1. The third-order valence-electron chi connectivity index (χ3n) is 4.32. The van der Waals surface area contributed by atoms with E-state index < -0.39 is 0 Å². The van der Waals surface area contributed by atoms with Gasteiger partial charge in [-0.3, -0.25) is 4.98 Å². The number of benzene rings is 2. The maximum Gasteiger partial charge on any atom is 0.130 e. The van der Waals surface area contributed by atoms with Crippen LogP contribution in [0.2, 0.25) is 0 Å². The summed E-state index contributed by atoms with van der Waals surface area (Å²) in [5.74, 6) is 1.64. The number of pyridine rings is 1. The van der Waals surface area contributed by atoms with Crippen LogP contribution in [0.25, 0.3) is 0 Å². The minimum absolute atomic E-state index is 0.430. The van der Waals surface area contributed by atoms with Gasteiger partial charge >= 0.3 is 0 Å². The highest BCUT2D eigenvalue weighted by Gasteiger charge is 2.07. The average molecular weight is 378 g/mol. The zero-order valence-electron chi connectivity index (χ0n) is 16.4. The maximum atomic E-state index is 6.00. The van der Waals surface area contributed by atoms with Gasteiger partial charge in [-0.1, -0.05) is 30.3 Å². The van der Waals surface area contributed by atoms with Gasteiger partial charge in [-0.05, 0) is 41.5 Å². The van der Waals surface area contributed by atoms with Crippen LogP contribution in [0.3, 0.4) is 0 Å². The predicted octanol–water partition coefficient (Wildman–Crippen LogP) is 4.11. The summed E-state index contributed by atoms with van der Waals surface area (Å²) in [4.78, 5) is 4.31. The van der Waals surface area contributed by atoms with Crippen molar-refractivity contribution >= 4 is 0 Å². The van der Waals surface area contributed by atoms with Crippen molar-refractivity contribution in [3.05, 3.63) is 89.2 Å². The lowest BCUT2D eigenvalue weighted by Crippen LogP contribution is -2.14. The summed E-state index contributed by atoms with van der Waals surface area (Å²) in [6.45, 7) is 2.48. The fourth-order valence-electron chi connectivity index (χ4n) is 2.93. The van der Waals surface area contributed by atoms with Gasteiger partial charge in [0.15, 0.2) is 0 Å². The normalized spacial score (nSPS) is 10.6. The summed E-state index contributed by atoms with van der Waals surface area (Å²) in [7, 11) is 3.38. The molecule has 0 fully saturated rings. The molecule has 5 heteroatoms. The molecule has 0 bridgehead atoms. The van der Waals surface area contributed by atoms with E-state index in [0.717, 1.165) is 29.3 Å². The molecule has 5 nitrogen and oxygen atoms in total. The van der Waals surface area contributed by atoms with Crippen LogP contribution < -0.4 is 14.8 Å². The van der Waals surface area contributed by atoms with E-state index in [1.165, 1.54) is 11.1 Å². The first-order chi connectivity index (χ1) is 13.8. The first kappa shape index (κ1) is 19.9. The Balaban J connectivity index is 1.63. The molecule has 1 heterocycles. The molecule has 0 aliphatic heterocycles. The van der Waals surface area contributed by atoms with Crippen molar-refractivity contribution in [3.8, 4) is 11.5 Å². The smallest absolute Gasteiger partial charge is 0.130 e. The molecule has 0 radical (unpaired) electrons. The van der Waals surface area contributed by atoms with Gasteiger partial charge in [-0.25, -0.2) is 0 Å². The van der Waals surface area contributed by atoms with Gasteiger partial charge in [0, 0.05) is 32.0 Å². The van der Waals surface area contributed by atoms with Crippen molar-refractivity contribution in [3.63, 3.8) is 0 Å². The van der Waals surface area contributed by atoms with E-state index in [0.29, 0.717) is 19.8 Å². The molecule has 146 valence electrons. The second-order valence-corrected chi connectivity index (χ2v) is 6.44. The predicted molar refractivity (Wildman–Crippen MR) is 109 cm³/mol. The Labute approximate surface area is 166 Å². The van der Waals surface area contributed by atoms with Gasteiger partial charge < -0.3 is 19.5 Å². The minimum Gasteiger partial charge on any atom is -0.497 e. The Kier molecular flexibility index (Phi) is 7.41. The Morgan fingerprint density at radius 2 is 1.75 bits per heavy atom. The van der Waals surface area contributed by atoms with Crippen LogP contribution in [0.5, 0.6) is 11.5 Å². The molecule has 3 rings (SSSR count). The zero-order valence-corrected chi connectivity index (χ0v) is 16.4. The van der Waals surface area contributed by atoms with Crippen LogP contribution in [-0.4, -0.2) is 19.2 Å². The summed E-state index contributed by atoms with van der Waals surface area (Å²) < 4.78 is 16.6. The second kappa shape index (κ2) is 10.4. The molecule has 1 aromatic heterocycles. The second-order valence-electron chi connectivity index (χ2n) is 6.44. The topological polar surface area (TPSA) is 52.6 Å². The summed E-state index contributed by atoms with van der Waals surface area (Å²) in [6.07, 6.45) is 1.77. The summed E-state index contributed by atoms with van der Waals surface area (Å²) in [5.41, 5.74) is 4.33. The number of ether oxygens (including phenoxy) is 3. The van der Waals surface area contributed by atoms with Crippen molar-refractivity contribution in [2.75, 3.05) is 14.2 Å². The van der Waals surface area contributed by atoms with Gasteiger partial charge in [-0.2, -0.15) is 0 Å². The van der Waals surface area contributed by atoms with E-state index in [4.69, 9.17) is 14.2 Å². The zero-order chi connectivity index (χ0) is 19.6. The number of rotatable bonds is 10. The monoisotopic (exact) mass is 378 g/mol.